The Morgan fingerprint density at radius 2 is 1.73 bits per heavy atom. The third-order valence-electron chi connectivity index (χ3n) is 4.58. The molecule has 30 heavy (non-hydrogen) atoms. The lowest BCUT2D eigenvalue weighted by Gasteiger charge is -2.12. The molecule has 1 amide bonds. The average Bonchev–Trinajstić information content (AvgIpc) is 3.30. The number of amides is 1. The highest BCUT2D eigenvalue weighted by Gasteiger charge is 2.09. The molecule has 0 bridgehead atoms. The number of ether oxygens (including phenoxy) is 2. The first-order chi connectivity index (χ1) is 14.8. The summed E-state index contributed by atoms with van der Waals surface area (Å²) in [5.41, 5.74) is 3.30. The van der Waals surface area contributed by atoms with Crippen LogP contribution in [-0.4, -0.2) is 17.5 Å². The highest BCUT2D eigenvalue weighted by atomic mass is 32.1. The Labute approximate surface area is 179 Å². The average molecular weight is 419 g/mol. The molecule has 152 valence electrons. The van der Waals surface area contributed by atoms with Crippen molar-refractivity contribution in [1.29, 1.82) is 0 Å². The Balaban J connectivity index is 1.27. The zero-order valence-electron chi connectivity index (χ0n) is 16.4. The summed E-state index contributed by atoms with van der Waals surface area (Å²) in [6.45, 7) is 0.846. The molecule has 0 saturated heterocycles. The number of fused-ring (bicyclic) bond motifs is 1. The van der Waals surface area contributed by atoms with E-state index in [-0.39, 0.29) is 5.91 Å². The lowest BCUT2D eigenvalue weighted by atomic mass is 10.1. The van der Waals surface area contributed by atoms with Crippen molar-refractivity contribution in [2.45, 2.75) is 19.4 Å². The second-order valence-electron chi connectivity index (χ2n) is 6.74. The summed E-state index contributed by atoms with van der Waals surface area (Å²) in [5.74, 6) is 1.40. The first-order valence-electron chi connectivity index (χ1n) is 9.79. The van der Waals surface area contributed by atoms with Crippen molar-refractivity contribution in [3.05, 3.63) is 83.3 Å². The molecule has 1 heterocycles. The lowest BCUT2D eigenvalue weighted by molar-refractivity contribution is -0.116. The molecule has 0 atom stereocenters. The quantitative estimate of drug-likeness (QED) is 0.356. The van der Waals surface area contributed by atoms with Gasteiger partial charge in [-0.05, 0) is 30.0 Å². The lowest BCUT2D eigenvalue weighted by Crippen LogP contribution is -2.13. The molecule has 0 saturated carbocycles. The molecule has 0 unspecified atom stereocenters. The Bertz CT molecular complexity index is 1110. The summed E-state index contributed by atoms with van der Waals surface area (Å²) in [5, 5.41) is 7.09. The van der Waals surface area contributed by atoms with Crippen LogP contribution < -0.4 is 14.8 Å². The highest BCUT2D eigenvalue weighted by molar-refractivity contribution is 7.07. The van der Waals surface area contributed by atoms with E-state index in [1.165, 1.54) is 11.3 Å². The van der Waals surface area contributed by atoms with Crippen molar-refractivity contribution in [3.63, 3.8) is 0 Å². The Hall–Kier alpha value is -3.38. The number of anilines is 1. The zero-order chi connectivity index (χ0) is 20.6. The van der Waals surface area contributed by atoms with E-state index in [0.717, 1.165) is 22.2 Å². The SMILES string of the molecule is O=C(CCCOc1cccc2ccccc12)Nc1ccccc1OCc1cscn1. The minimum Gasteiger partial charge on any atom is -0.493 e. The van der Waals surface area contributed by atoms with Gasteiger partial charge in [0.05, 0.1) is 23.5 Å². The van der Waals surface area contributed by atoms with Crippen molar-refractivity contribution in [3.8, 4) is 11.5 Å². The molecule has 6 heteroatoms. The summed E-state index contributed by atoms with van der Waals surface area (Å²) in [4.78, 5) is 16.6. The second-order valence-corrected chi connectivity index (χ2v) is 7.46. The van der Waals surface area contributed by atoms with Crippen molar-refractivity contribution in [2.24, 2.45) is 0 Å². The van der Waals surface area contributed by atoms with E-state index >= 15 is 0 Å². The number of nitrogens with zero attached hydrogens (tertiary/aromatic N) is 1. The van der Waals surface area contributed by atoms with Gasteiger partial charge >= 0.3 is 0 Å². The van der Waals surface area contributed by atoms with E-state index in [1.807, 2.05) is 60.0 Å². The highest BCUT2D eigenvalue weighted by Crippen LogP contribution is 2.26. The topological polar surface area (TPSA) is 60.5 Å². The minimum absolute atomic E-state index is 0.0683. The number of hydrogen-bond donors (Lipinski definition) is 1. The van der Waals surface area contributed by atoms with Crippen molar-refractivity contribution >= 4 is 33.7 Å². The molecule has 4 aromatic rings. The zero-order valence-corrected chi connectivity index (χ0v) is 17.2. The standard InChI is InChI=1S/C24H22N2O3S/c27-24(13-6-14-28-22-12-5-8-18-7-1-2-9-20(18)22)26-21-10-3-4-11-23(21)29-15-19-16-30-17-25-19/h1-5,7-12,16-17H,6,13-15H2,(H,26,27). The minimum atomic E-state index is -0.0683. The van der Waals surface area contributed by atoms with Crippen LogP contribution in [0.2, 0.25) is 0 Å². The number of benzene rings is 3. The van der Waals surface area contributed by atoms with Crippen LogP contribution in [0.15, 0.2) is 77.6 Å². The van der Waals surface area contributed by atoms with Crippen molar-refractivity contribution in [2.75, 3.05) is 11.9 Å². The first-order valence-corrected chi connectivity index (χ1v) is 10.7. The van der Waals surface area contributed by atoms with Crippen LogP contribution in [0, 0.1) is 0 Å². The fraction of sp³-hybridized carbons (Fsp3) is 0.167. The maximum Gasteiger partial charge on any atom is 0.224 e. The molecule has 5 nitrogen and oxygen atoms in total. The van der Waals surface area contributed by atoms with Crippen LogP contribution in [0.5, 0.6) is 11.5 Å². The molecule has 0 aliphatic rings. The molecule has 0 radical (unpaired) electrons. The molecule has 0 fully saturated rings. The third-order valence-corrected chi connectivity index (χ3v) is 5.21. The molecule has 3 aromatic carbocycles. The predicted molar refractivity (Wildman–Crippen MR) is 120 cm³/mol. The van der Waals surface area contributed by atoms with Crippen LogP contribution in [0.1, 0.15) is 18.5 Å². The molecule has 0 aliphatic carbocycles. The van der Waals surface area contributed by atoms with E-state index in [4.69, 9.17) is 9.47 Å². The largest absolute Gasteiger partial charge is 0.493 e. The smallest absolute Gasteiger partial charge is 0.224 e. The van der Waals surface area contributed by atoms with Gasteiger partial charge in [-0.2, -0.15) is 0 Å². The van der Waals surface area contributed by atoms with Gasteiger partial charge < -0.3 is 14.8 Å². The van der Waals surface area contributed by atoms with E-state index < -0.39 is 0 Å². The molecule has 0 spiro atoms. The molecule has 1 aromatic heterocycles. The van der Waals surface area contributed by atoms with Gasteiger partial charge in [0.15, 0.2) is 0 Å². The summed E-state index contributed by atoms with van der Waals surface area (Å²) in [7, 11) is 0. The number of carbonyl (C=O) groups is 1. The monoisotopic (exact) mass is 418 g/mol. The third kappa shape index (κ3) is 5.15. The Morgan fingerprint density at radius 3 is 2.63 bits per heavy atom. The fourth-order valence-electron chi connectivity index (χ4n) is 3.11. The molecular weight excluding hydrogens is 396 g/mol. The number of nitrogens with one attached hydrogen (secondary N) is 1. The fourth-order valence-corrected chi connectivity index (χ4v) is 3.65. The van der Waals surface area contributed by atoms with Gasteiger partial charge in [0.25, 0.3) is 0 Å². The molecular formula is C24H22N2O3S. The van der Waals surface area contributed by atoms with Gasteiger partial charge in [0.2, 0.25) is 5.91 Å². The maximum absolute atomic E-state index is 12.4. The number of aromatic nitrogens is 1. The number of rotatable bonds is 9. The van der Waals surface area contributed by atoms with Crippen LogP contribution in [0.25, 0.3) is 10.8 Å². The maximum atomic E-state index is 12.4. The van der Waals surface area contributed by atoms with E-state index in [1.54, 1.807) is 5.51 Å². The van der Waals surface area contributed by atoms with Gasteiger partial charge in [-0.3, -0.25) is 4.79 Å². The summed E-state index contributed by atoms with van der Waals surface area (Å²) >= 11 is 1.53. The summed E-state index contributed by atoms with van der Waals surface area (Å²) < 4.78 is 11.7. The Kier molecular flexibility index (Phi) is 6.57. The van der Waals surface area contributed by atoms with Gasteiger partial charge in [-0.15, -0.1) is 11.3 Å². The second kappa shape index (κ2) is 9.89. The number of hydrogen-bond acceptors (Lipinski definition) is 5. The van der Waals surface area contributed by atoms with E-state index in [9.17, 15) is 4.79 Å². The van der Waals surface area contributed by atoms with E-state index in [0.29, 0.717) is 37.5 Å². The molecule has 1 N–H and O–H groups in total. The van der Waals surface area contributed by atoms with Crippen LogP contribution >= 0.6 is 11.3 Å². The van der Waals surface area contributed by atoms with Crippen LogP contribution in [-0.2, 0) is 11.4 Å². The van der Waals surface area contributed by atoms with Crippen LogP contribution in [0.4, 0.5) is 5.69 Å². The van der Waals surface area contributed by atoms with Crippen molar-refractivity contribution < 1.29 is 14.3 Å². The van der Waals surface area contributed by atoms with E-state index in [2.05, 4.69) is 22.4 Å². The first kappa shape index (κ1) is 19.9. The number of thiazole rings is 1. The van der Waals surface area contributed by atoms with Gasteiger partial charge in [-0.25, -0.2) is 4.98 Å². The van der Waals surface area contributed by atoms with Gasteiger partial charge in [-0.1, -0.05) is 48.5 Å². The summed E-state index contributed by atoms with van der Waals surface area (Å²) in [6.07, 6.45) is 0.988. The van der Waals surface area contributed by atoms with Gasteiger partial charge in [0, 0.05) is 17.2 Å². The molecule has 0 aliphatic heterocycles. The van der Waals surface area contributed by atoms with Gasteiger partial charge in [0.1, 0.15) is 18.1 Å². The summed E-state index contributed by atoms with van der Waals surface area (Å²) in [6, 6.07) is 21.5. The predicted octanol–water partition coefficient (Wildman–Crippen LogP) is 5.67. The number of para-hydroxylation sites is 2. The number of carbonyl (C=O) groups excluding carboxylic acids is 1. The van der Waals surface area contributed by atoms with Crippen molar-refractivity contribution in [1.82, 2.24) is 4.98 Å². The molecule has 4 rings (SSSR count). The van der Waals surface area contributed by atoms with Crippen LogP contribution in [0.3, 0.4) is 0 Å². The Morgan fingerprint density at radius 1 is 0.933 bits per heavy atom. The normalized spacial score (nSPS) is 10.7.